The van der Waals surface area contributed by atoms with Crippen LogP contribution in [0.5, 0.6) is 0 Å². The maximum Gasteiger partial charge on any atom is 0.161 e. The molecule has 2 rings (SSSR count). The predicted molar refractivity (Wildman–Crippen MR) is 59.5 cm³/mol. The van der Waals surface area contributed by atoms with Crippen molar-refractivity contribution in [3.63, 3.8) is 0 Å². The van der Waals surface area contributed by atoms with E-state index in [0.717, 1.165) is 16.0 Å². The molecule has 0 fully saturated rings. The number of hydrogen-bond donors (Lipinski definition) is 1. The van der Waals surface area contributed by atoms with E-state index in [1.54, 1.807) is 17.7 Å². The molecule has 2 heterocycles. The number of hydrazine groups is 1. The molecule has 0 radical (unpaired) electrons. The highest BCUT2D eigenvalue weighted by molar-refractivity contribution is 7.17. The van der Waals surface area contributed by atoms with Gasteiger partial charge in [0.15, 0.2) is 5.82 Å². The van der Waals surface area contributed by atoms with E-state index >= 15 is 0 Å². The smallest absolute Gasteiger partial charge is 0.161 e. The predicted octanol–water partition coefficient (Wildman–Crippen LogP) is 1.89. The van der Waals surface area contributed by atoms with E-state index in [9.17, 15) is 0 Å². The molecular formula is C9H12N4S. The summed E-state index contributed by atoms with van der Waals surface area (Å²) < 4.78 is 1.11. The van der Waals surface area contributed by atoms with Crippen molar-refractivity contribution in [3.8, 4) is 0 Å². The fraction of sp³-hybridized carbons (Fsp3) is 0.333. The van der Waals surface area contributed by atoms with Gasteiger partial charge in [0.2, 0.25) is 0 Å². The lowest BCUT2D eigenvalue weighted by Gasteiger charge is -2.12. The van der Waals surface area contributed by atoms with Crippen LogP contribution in [-0.2, 0) is 0 Å². The molecule has 4 nitrogen and oxygen atoms in total. The minimum Gasteiger partial charge on any atom is -0.302 e. The van der Waals surface area contributed by atoms with Crippen molar-refractivity contribution in [2.75, 3.05) is 19.5 Å². The van der Waals surface area contributed by atoms with Crippen molar-refractivity contribution in [1.82, 2.24) is 15.0 Å². The molecule has 74 valence electrons. The molecule has 0 spiro atoms. The van der Waals surface area contributed by atoms with Crippen LogP contribution in [0.2, 0.25) is 0 Å². The Hall–Kier alpha value is -1.20. The number of anilines is 1. The third-order valence-electron chi connectivity index (χ3n) is 1.86. The van der Waals surface area contributed by atoms with Crippen molar-refractivity contribution in [2.45, 2.75) is 6.92 Å². The maximum atomic E-state index is 4.25. The van der Waals surface area contributed by atoms with Crippen LogP contribution in [0, 0.1) is 6.92 Å². The SMILES string of the molecule is Cc1csc2c(NN(C)C)ncnc12. The number of aromatic nitrogens is 2. The third kappa shape index (κ3) is 1.56. The Morgan fingerprint density at radius 3 is 2.86 bits per heavy atom. The van der Waals surface area contributed by atoms with Crippen LogP contribution in [0.4, 0.5) is 5.82 Å². The third-order valence-corrected chi connectivity index (χ3v) is 2.95. The summed E-state index contributed by atoms with van der Waals surface area (Å²) >= 11 is 1.67. The Morgan fingerprint density at radius 1 is 1.36 bits per heavy atom. The molecule has 0 aliphatic heterocycles. The number of hydrogen-bond acceptors (Lipinski definition) is 5. The average Bonchev–Trinajstić information content (AvgIpc) is 2.49. The quantitative estimate of drug-likeness (QED) is 0.765. The molecule has 2 aromatic rings. The molecule has 0 saturated heterocycles. The van der Waals surface area contributed by atoms with E-state index in [2.05, 4.69) is 27.7 Å². The molecule has 14 heavy (non-hydrogen) atoms. The molecule has 0 aliphatic rings. The van der Waals surface area contributed by atoms with Gasteiger partial charge in [-0.05, 0) is 17.9 Å². The summed E-state index contributed by atoms with van der Waals surface area (Å²) in [6, 6.07) is 0. The molecule has 0 aliphatic carbocycles. The molecule has 0 saturated carbocycles. The average molecular weight is 208 g/mol. The van der Waals surface area contributed by atoms with Crippen LogP contribution in [0.3, 0.4) is 0 Å². The minimum absolute atomic E-state index is 0.873. The zero-order valence-electron chi connectivity index (χ0n) is 8.40. The van der Waals surface area contributed by atoms with Gasteiger partial charge in [-0.15, -0.1) is 11.3 Å². The van der Waals surface area contributed by atoms with Gasteiger partial charge in [-0.3, -0.25) is 0 Å². The van der Waals surface area contributed by atoms with Crippen molar-refractivity contribution in [1.29, 1.82) is 0 Å². The van der Waals surface area contributed by atoms with Gasteiger partial charge in [0.1, 0.15) is 6.33 Å². The van der Waals surface area contributed by atoms with Crippen molar-refractivity contribution < 1.29 is 0 Å². The van der Waals surface area contributed by atoms with Crippen LogP contribution < -0.4 is 5.43 Å². The number of rotatable bonds is 2. The molecule has 5 heteroatoms. The molecule has 1 N–H and O–H groups in total. The zero-order chi connectivity index (χ0) is 10.1. The lowest BCUT2D eigenvalue weighted by atomic mass is 10.3. The van der Waals surface area contributed by atoms with Crippen LogP contribution in [0.1, 0.15) is 5.56 Å². The van der Waals surface area contributed by atoms with Gasteiger partial charge < -0.3 is 5.43 Å². The van der Waals surface area contributed by atoms with Crippen LogP contribution >= 0.6 is 11.3 Å². The summed E-state index contributed by atoms with van der Waals surface area (Å²) in [5.74, 6) is 0.873. The Bertz CT molecular complexity index is 449. The fourth-order valence-electron chi connectivity index (χ4n) is 1.26. The van der Waals surface area contributed by atoms with Crippen LogP contribution in [0.25, 0.3) is 10.2 Å². The van der Waals surface area contributed by atoms with Crippen molar-refractivity contribution in [3.05, 3.63) is 17.3 Å². The maximum absolute atomic E-state index is 4.25. The second-order valence-corrected chi connectivity index (χ2v) is 4.20. The number of aryl methyl sites for hydroxylation is 1. The van der Waals surface area contributed by atoms with Gasteiger partial charge in [-0.25, -0.2) is 15.0 Å². The van der Waals surface area contributed by atoms with E-state index in [1.165, 1.54) is 5.56 Å². The summed E-state index contributed by atoms with van der Waals surface area (Å²) in [5.41, 5.74) is 5.39. The monoisotopic (exact) mass is 208 g/mol. The molecule has 0 aromatic carbocycles. The summed E-state index contributed by atoms with van der Waals surface area (Å²) in [6.45, 7) is 2.06. The van der Waals surface area contributed by atoms with Gasteiger partial charge in [-0.2, -0.15) is 0 Å². The van der Waals surface area contributed by atoms with Gasteiger partial charge in [0.25, 0.3) is 0 Å². The number of fused-ring (bicyclic) bond motifs is 1. The summed E-state index contributed by atoms with van der Waals surface area (Å²) in [4.78, 5) is 8.46. The van der Waals surface area contributed by atoms with E-state index in [0.29, 0.717) is 0 Å². The van der Waals surface area contributed by atoms with Crippen LogP contribution in [-0.4, -0.2) is 29.1 Å². The van der Waals surface area contributed by atoms with E-state index in [4.69, 9.17) is 0 Å². The number of thiophene rings is 1. The molecule has 2 aromatic heterocycles. The Balaban J connectivity index is 2.54. The Morgan fingerprint density at radius 2 is 2.14 bits per heavy atom. The largest absolute Gasteiger partial charge is 0.302 e. The van der Waals surface area contributed by atoms with Crippen LogP contribution in [0.15, 0.2) is 11.7 Å². The lowest BCUT2D eigenvalue weighted by molar-refractivity contribution is 0.493. The second kappa shape index (κ2) is 3.51. The summed E-state index contributed by atoms with van der Waals surface area (Å²) in [5, 5.41) is 3.97. The van der Waals surface area contributed by atoms with Gasteiger partial charge in [0.05, 0.1) is 10.2 Å². The standard InChI is InChI=1S/C9H12N4S/c1-6-4-14-8-7(6)10-5-11-9(8)12-13(2)3/h4-5H,1-3H3,(H,10,11,12). The van der Waals surface area contributed by atoms with Crippen molar-refractivity contribution >= 4 is 27.4 Å². The van der Waals surface area contributed by atoms with E-state index < -0.39 is 0 Å². The van der Waals surface area contributed by atoms with E-state index in [-0.39, 0.29) is 0 Å². The highest BCUT2D eigenvalue weighted by Gasteiger charge is 2.07. The first-order valence-corrected chi connectivity index (χ1v) is 5.19. The molecule has 0 bridgehead atoms. The fourth-order valence-corrected chi connectivity index (χ4v) is 2.20. The topological polar surface area (TPSA) is 41.0 Å². The molecule has 0 atom stereocenters. The normalized spacial score (nSPS) is 11.1. The summed E-state index contributed by atoms with van der Waals surface area (Å²) in [7, 11) is 3.88. The molecule has 0 unspecified atom stereocenters. The first-order valence-electron chi connectivity index (χ1n) is 4.31. The first kappa shape index (κ1) is 9.36. The van der Waals surface area contributed by atoms with Gasteiger partial charge in [-0.1, -0.05) is 0 Å². The molecular weight excluding hydrogens is 196 g/mol. The lowest BCUT2D eigenvalue weighted by Crippen LogP contribution is -2.20. The highest BCUT2D eigenvalue weighted by Crippen LogP contribution is 2.28. The summed E-state index contributed by atoms with van der Waals surface area (Å²) in [6.07, 6.45) is 1.59. The second-order valence-electron chi connectivity index (χ2n) is 3.32. The van der Waals surface area contributed by atoms with Crippen molar-refractivity contribution in [2.24, 2.45) is 0 Å². The number of nitrogens with one attached hydrogen (secondary N) is 1. The first-order chi connectivity index (χ1) is 6.68. The van der Waals surface area contributed by atoms with Gasteiger partial charge >= 0.3 is 0 Å². The highest BCUT2D eigenvalue weighted by atomic mass is 32.1. The zero-order valence-corrected chi connectivity index (χ0v) is 9.22. The van der Waals surface area contributed by atoms with E-state index in [1.807, 2.05) is 19.1 Å². The Kier molecular flexibility index (Phi) is 2.35. The minimum atomic E-state index is 0.873. The van der Waals surface area contributed by atoms with Gasteiger partial charge in [0, 0.05) is 14.1 Å². The number of nitrogens with zero attached hydrogens (tertiary/aromatic N) is 3. The Labute approximate surface area is 86.6 Å². The molecule has 0 amide bonds.